The predicted octanol–water partition coefficient (Wildman–Crippen LogP) is 2.84. The summed E-state index contributed by atoms with van der Waals surface area (Å²) in [6, 6.07) is 8.14. The third kappa shape index (κ3) is 4.87. The van der Waals surface area contributed by atoms with Crippen LogP contribution in [0.3, 0.4) is 0 Å². The summed E-state index contributed by atoms with van der Waals surface area (Å²) in [6.45, 7) is 5.55. The molecule has 1 saturated heterocycles. The molecule has 1 heterocycles. The van der Waals surface area contributed by atoms with Crippen LogP contribution < -0.4 is 10.1 Å². The minimum absolute atomic E-state index is 0.0299. The molecule has 0 bridgehead atoms. The van der Waals surface area contributed by atoms with Gasteiger partial charge in [-0.1, -0.05) is 19.1 Å². The van der Waals surface area contributed by atoms with E-state index in [1.54, 1.807) is 0 Å². The summed E-state index contributed by atoms with van der Waals surface area (Å²) in [7, 11) is 0. The number of hydrogen-bond donors (Lipinski definition) is 1. The molecule has 5 heteroatoms. The van der Waals surface area contributed by atoms with Crippen LogP contribution in [0, 0.1) is 5.92 Å². The molecule has 2 amide bonds. The van der Waals surface area contributed by atoms with Gasteiger partial charge >= 0.3 is 6.03 Å². The summed E-state index contributed by atoms with van der Waals surface area (Å²) < 4.78 is 11.4. The molecular weight excluding hydrogens is 304 g/mol. The molecule has 5 nitrogen and oxygen atoms in total. The molecule has 1 aliphatic carbocycles. The second-order valence-electron chi connectivity index (χ2n) is 6.67. The Morgan fingerprint density at radius 1 is 1.42 bits per heavy atom. The number of nitrogens with one attached hydrogen (secondary N) is 1. The van der Waals surface area contributed by atoms with Gasteiger partial charge in [0.1, 0.15) is 5.75 Å². The van der Waals surface area contributed by atoms with Crippen molar-refractivity contribution in [2.45, 2.75) is 38.7 Å². The van der Waals surface area contributed by atoms with Gasteiger partial charge in [0.2, 0.25) is 0 Å². The van der Waals surface area contributed by atoms with Crippen molar-refractivity contribution in [3.05, 3.63) is 29.8 Å². The van der Waals surface area contributed by atoms with Gasteiger partial charge in [0.15, 0.2) is 0 Å². The van der Waals surface area contributed by atoms with Gasteiger partial charge in [-0.05, 0) is 49.3 Å². The molecule has 0 aromatic heterocycles. The molecule has 1 aliphatic heterocycles. The number of nitrogens with zero attached hydrogens (tertiary/aromatic N) is 1. The second-order valence-corrected chi connectivity index (χ2v) is 6.67. The normalized spacial score (nSPS) is 20.7. The molecule has 1 saturated carbocycles. The van der Waals surface area contributed by atoms with Crippen LogP contribution in [-0.4, -0.2) is 49.9 Å². The Morgan fingerprint density at radius 2 is 2.29 bits per heavy atom. The van der Waals surface area contributed by atoms with Crippen LogP contribution in [0.5, 0.6) is 5.75 Å². The number of ether oxygens (including phenoxy) is 2. The van der Waals surface area contributed by atoms with Gasteiger partial charge in [0, 0.05) is 19.6 Å². The van der Waals surface area contributed by atoms with Crippen LogP contribution in [0.1, 0.15) is 31.7 Å². The van der Waals surface area contributed by atoms with E-state index in [9.17, 15) is 4.79 Å². The lowest BCUT2D eigenvalue weighted by molar-refractivity contribution is -0.0252. The van der Waals surface area contributed by atoms with Gasteiger partial charge in [-0.15, -0.1) is 0 Å². The molecule has 1 N–H and O–H groups in total. The fourth-order valence-electron chi connectivity index (χ4n) is 3.05. The number of morpholine rings is 1. The first kappa shape index (κ1) is 17.1. The predicted molar refractivity (Wildman–Crippen MR) is 93.4 cm³/mol. The number of carbonyl (C=O) groups is 1. The summed E-state index contributed by atoms with van der Waals surface area (Å²) in [5.41, 5.74) is 1.18. The molecule has 24 heavy (non-hydrogen) atoms. The standard InChI is InChI=1S/C19H28N2O3/c1-2-11-23-17-5-3-4-15(13-17)8-9-20-19(22)21-10-12-24-18(14-21)16-6-7-16/h3-5,13,16,18H,2,6-12,14H2,1H3,(H,20,22)/t18-/m1/s1. The third-order valence-electron chi connectivity index (χ3n) is 4.59. The summed E-state index contributed by atoms with van der Waals surface area (Å²) in [5, 5.41) is 3.03. The molecule has 2 aliphatic rings. The van der Waals surface area contributed by atoms with Crippen molar-refractivity contribution >= 4 is 6.03 Å². The maximum Gasteiger partial charge on any atom is 0.317 e. The molecule has 3 rings (SSSR count). The van der Waals surface area contributed by atoms with Crippen LogP contribution in [0.4, 0.5) is 4.79 Å². The third-order valence-corrected chi connectivity index (χ3v) is 4.59. The van der Waals surface area contributed by atoms with Crippen molar-refractivity contribution in [1.29, 1.82) is 0 Å². The first-order valence-corrected chi connectivity index (χ1v) is 9.12. The van der Waals surface area contributed by atoms with E-state index < -0.39 is 0 Å². The summed E-state index contributed by atoms with van der Waals surface area (Å²) in [6.07, 6.45) is 4.55. The molecule has 2 fully saturated rings. The molecule has 0 radical (unpaired) electrons. The number of urea groups is 1. The van der Waals surface area contributed by atoms with Crippen molar-refractivity contribution in [3.8, 4) is 5.75 Å². The monoisotopic (exact) mass is 332 g/mol. The first-order valence-electron chi connectivity index (χ1n) is 9.12. The SMILES string of the molecule is CCCOc1cccc(CCNC(=O)N2CCO[C@@H](C3CC3)C2)c1. The Balaban J connectivity index is 1.41. The van der Waals surface area contributed by atoms with E-state index in [-0.39, 0.29) is 12.1 Å². The van der Waals surface area contributed by atoms with Gasteiger partial charge in [0.05, 0.1) is 19.3 Å². The van der Waals surface area contributed by atoms with E-state index in [1.807, 2.05) is 17.0 Å². The van der Waals surface area contributed by atoms with Gasteiger partial charge in [-0.25, -0.2) is 4.79 Å². The minimum Gasteiger partial charge on any atom is -0.494 e. The molecule has 132 valence electrons. The van der Waals surface area contributed by atoms with Crippen molar-refractivity contribution in [3.63, 3.8) is 0 Å². The Bertz CT molecular complexity index is 545. The Labute approximate surface area is 144 Å². The fourth-order valence-corrected chi connectivity index (χ4v) is 3.05. The molecule has 1 aromatic rings. The molecular formula is C19H28N2O3. The van der Waals surface area contributed by atoms with Crippen LogP contribution in [-0.2, 0) is 11.2 Å². The Morgan fingerprint density at radius 3 is 3.08 bits per heavy atom. The van der Waals surface area contributed by atoms with Crippen LogP contribution in [0.25, 0.3) is 0 Å². The lowest BCUT2D eigenvalue weighted by atomic mass is 10.1. The number of amides is 2. The lowest BCUT2D eigenvalue weighted by Gasteiger charge is -2.33. The van der Waals surface area contributed by atoms with E-state index >= 15 is 0 Å². The lowest BCUT2D eigenvalue weighted by Crippen LogP contribution is -2.50. The zero-order chi connectivity index (χ0) is 16.8. The van der Waals surface area contributed by atoms with E-state index in [0.717, 1.165) is 31.7 Å². The molecule has 1 aromatic carbocycles. The average Bonchev–Trinajstić information content (AvgIpc) is 3.45. The first-order chi connectivity index (χ1) is 11.8. The van der Waals surface area contributed by atoms with Gasteiger partial charge < -0.3 is 19.7 Å². The average molecular weight is 332 g/mol. The summed E-state index contributed by atoms with van der Waals surface area (Å²) >= 11 is 0. The quantitative estimate of drug-likeness (QED) is 0.835. The van der Waals surface area contributed by atoms with Gasteiger partial charge in [-0.2, -0.15) is 0 Å². The molecule has 0 unspecified atom stereocenters. The van der Waals surface area contributed by atoms with Crippen molar-refractivity contribution in [2.24, 2.45) is 5.92 Å². The van der Waals surface area contributed by atoms with E-state index in [1.165, 1.54) is 18.4 Å². The Hall–Kier alpha value is -1.75. The second kappa shape index (κ2) is 8.38. The highest BCUT2D eigenvalue weighted by Crippen LogP contribution is 2.35. The highest BCUT2D eigenvalue weighted by atomic mass is 16.5. The van der Waals surface area contributed by atoms with E-state index in [2.05, 4.69) is 24.4 Å². The Kier molecular flexibility index (Phi) is 5.96. The minimum atomic E-state index is 0.0299. The summed E-state index contributed by atoms with van der Waals surface area (Å²) in [5.74, 6) is 1.58. The zero-order valence-electron chi connectivity index (χ0n) is 14.5. The van der Waals surface area contributed by atoms with Crippen LogP contribution in [0.15, 0.2) is 24.3 Å². The number of rotatable bonds is 7. The topological polar surface area (TPSA) is 50.8 Å². The van der Waals surface area contributed by atoms with E-state index in [4.69, 9.17) is 9.47 Å². The summed E-state index contributed by atoms with van der Waals surface area (Å²) in [4.78, 5) is 14.2. The number of carbonyl (C=O) groups excluding carboxylic acids is 1. The fraction of sp³-hybridized carbons (Fsp3) is 0.632. The smallest absolute Gasteiger partial charge is 0.317 e. The van der Waals surface area contributed by atoms with Gasteiger partial charge in [-0.3, -0.25) is 0 Å². The molecule has 1 atom stereocenters. The van der Waals surface area contributed by atoms with Crippen LogP contribution in [0.2, 0.25) is 0 Å². The highest BCUT2D eigenvalue weighted by molar-refractivity contribution is 5.74. The van der Waals surface area contributed by atoms with Crippen LogP contribution >= 0.6 is 0 Å². The van der Waals surface area contributed by atoms with E-state index in [0.29, 0.717) is 25.6 Å². The maximum absolute atomic E-state index is 12.3. The maximum atomic E-state index is 12.3. The van der Waals surface area contributed by atoms with Crippen molar-refractivity contribution in [2.75, 3.05) is 32.8 Å². The number of hydrogen-bond acceptors (Lipinski definition) is 3. The highest BCUT2D eigenvalue weighted by Gasteiger charge is 2.36. The zero-order valence-corrected chi connectivity index (χ0v) is 14.5. The van der Waals surface area contributed by atoms with Gasteiger partial charge in [0.25, 0.3) is 0 Å². The largest absolute Gasteiger partial charge is 0.494 e. The molecule has 0 spiro atoms. The van der Waals surface area contributed by atoms with Crippen molar-refractivity contribution in [1.82, 2.24) is 10.2 Å². The van der Waals surface area contributed by atoms with Crippen molar-refractivity contribution < 1.29 is 14.3 Å². The number of benzene rings is 1.